The number of rotatable bonds is 4. The lowest BCUT2D eigenvalue weighted by molar-refractivity contribution is -0.0543. The second-order valence-corrected chi connectivity index (χ2v) is 6.60. The zero-order chi connectivity index (χ0) is 11.8. The predicted molar refractivity (Wildman–Crippen MR) is 69.1 cm³/mol. The molecule has 0 heterocycles. The van der Waals surface area contributed by atoms with Gasteiger partial charge in [-0.25, -0.2) is 0 Å². The second kappa shape index (κ2) is 4.48. The Labute approximate surface area is 105 Å². The molecule has 0 aliphatic heterocycles. The van der Waals surface area contributed by atoms with Gasteiger partial charge in [0.1, 0.15) is 0 Å². The first kappa shape index (κ1) is 11.3. The highest BCUT2D eigenvalue weighted by Gasteiger charge is 2.49. The molecule has 1 atom stereocenters. The lowest BCUT2D eigenvalue weighted by Gasteiger charge is -2.56. The van der Waals surface area contributed by atoms with Gasteiger partial charge >= 0.3 is 0 Å². The van der Waals surface area contributed by atoms with Crippen LogP contribution in [0.3, 0.4) is 0 Å². The Morgan fingerprint density at radius 2 is 1.71 bits per heavy atom. The molecule has 0 spiro atoms. The summed E-state index contributed by atoms with van der Waals surface area (Å²) in [4.78, 5) is 0. The van der Waals surface area contributed by atoms with Crippen LogP contribution < -0.4 is 0 Å². The number of nitrogens with zero attached hydrogens (tertiary/aromatic N) is 1. The minimum Gasteiger partial charge on any atom is -0.198 e. The van der Waals surface area contributed by atoms with Crippen LogP contribution in [-0.4, -0.2) is 0 Å². The lowest BCUT2D eigenvalue weighted by Crippen LogP contribution is -2.47. The van der Waals surface area contributed by atoms with E-state index >= 15 is 0 Å². The topological polar surface area (TPSA) is 23.8 Å². The minimum absolute atomic E-state index is 0.615. The van der Waals surface area contributed by atoms with E-state index in [1.165, 1.54) is 32.1 Å². The van der Waals surface area contributed by atoms with E-state index in [2.05, 4.69) is 18.7 Å². The fourth-order valence-electron chi connectivity index (χ4n) is 5.37. The van der Waals surface area contributed by atoms with E-state index in [4.69, 9.17) is 5.26 Å². The summed E-state index contributed by atoms with van der Waals surface area (Å²) in [6, 6.07) is 2.31. The number of allylic oxidation sites excluding steroid dienone is 1. The van der Waals surface area contributed by atoms with Crippen LogP contribution in [0.2, 0.25) is 0 Å². The molecule has 0 saturated heterocycles. The molecule has 1 unspecified atom stereocenters. The van der Waals surface area contributed by atoms with Crippen molar-refractivity contribution >= 4 is 0 Å². The van der Waals surface area contributed by atoms with Gasteiger partial charge in [0.2, 0.25) is 0 Å². The first-order valence-electron chi connectivity index (χ1n) is 7.31. The van der Waals surface area contributed by atoms with Gasteiger partial charge in [0, 0.05) is 6.42 Å². The van der Waals surface area contributed by atoms with Gasteiger partial charge in [0.25, 0.3) is 0 Å². The smallest absolute Gasteiger partial charge is 0.0621 e. The quantitative estimate of drug-likeness (QED) is 0.664. The van der Waals surface area contributed by atoms with Crippen molar-refractivity contribution < 1.29 is 0 Å². The third-order valence-electron chi connectivity index (χ3n) is 5.69. The predicted octanol–water partition coefficient (Wildman–Crippen LogP) is 4.16. The van der Waals surface area contributed by atoms with Crippen LogP contribution in [-0.2, 0) is 0 Å². The van der Waals surface area contributed by atoms with Gasteiger partial charge in [-0.1, -0.05) is 6.08 Å². The van der Waals surface area contributed by atoms with E-state index in [0.717, 1.165) is 36.0 Å². The fourth-order valence-corrected chi connectivity index (χ4v) is 5.37. The minimum atomic E-state index is 0.615. The Balaban J connectivity index is 1.74. The van der Waals surface area contributed by atoms with Crippen molar-refractivity contribution in [2.24, 2.45) is 35.5 Å². The SMILES string of the molecule is C=CC(CCC#N)C1C2CC3CC(C2)CC1C3. The summed E-state index contributed by atoms with van der Waals surface area (Å²) in [5, 5.41) is 8.78. The van der Waals surface area contributed by atoms with Crippen LogP contribution >= 0.6 is 0 Å². The van der Waals surface area contributed by atoms with Crippen LogP contribution in [0.5, 0.6) is 0 Å². The average Bonchev–Trinajstić information content (AvgIpc) is 2.31. The maximum atomic E-state index is 8.78. The molecular formula is C16H23N. The number of hydrogen-bond acceptors (Lipinski definition) is 1. The summed E-state index contributed by atoms with van der Waals surface area (Å²) >= 11 is 0. The van der Waals surface area contributed by atoms with Gasteiger partial charge in [-0.2, -0.15) is 5.26 Å². The van der Waals surface area contributed by atoms with Crippen LogP contribution in [0.25, 0.3) is 0 Å². The lowest BCUT2D eigenvalue weighted by atomic mass is 9.49. The molecule has 4 rings (SSSR count). The summed E-state index contributed by atoms with van der Waals surface area (Å²) in [7, 11) is 0. The van der Waals surface area contributed by atoms with Crippen LogP contribution in [0, 0.1) is 46.8 Å². The van der Waals surface area contributed by atoms with Crippen molar-refractivity contribution in [1.29, 1.82) is 5.26 Å². The Bertz CT molecular complexity index is 310. The van der Waals surface area contributed by atoms with Gasteiger partial charge in [-0.15, -0.1) is 6.58 Å². The van der Waals surface area contributed by atoms with Gasteiger partial charge in [0.15, 0.2) is 0 Å². The van der Waals surface area contributed by atoms with E-state index < -0.39 is 0 Å². The molecule has 0 N–H and O–H groups in total. The molecule has 0 aromatic carbocycles. The van der Waals surface area contributed by atoms with E-state index in [0.29, 0.717) is 12.3 Å². The Kier molecular flexibility index (Phi) is 2.99. The third kappa shape index (κ3) is 1.92. The van der Waals surface area contributed by atoms with Gasteiger partial charge in [0.05, 0.1) is 6.07 Å². The molecule has 4 aliphatic rings. The zero-order valence-electron chi connectivity index (χ0n) is 10.6. The van der Waals surface area contributed by atoms with Gasteiger partial charge < -0.3 is 0 Å². The Morgan fingerprint density at radius 3 is 2.18 bits per heavy atom. The molecule has 0 aromatic heterocycles. The largest absolute Gasteiger partial charge is 0.198 e. The maximum absolute atomic E-state index is 8.78. The molecule has 92 valence electrons. The third-order valence-corrected chi connectivity index (χ3v) is 5.69. The highest BCUT2D eigenvalue weighted by molar-refractivity contribution is 5.03. The van der Waals surface area contributed by atoms with Gasteiger partial charge in [-0.05, 0) is 74.0 Å². The van der Waals surface area contributed by atoms with E-state index in [-0.39, 0.29) is 0 Å². The zero-order valence-corrected chi connectivity index (χ0v) is 10.6. The maximum Gasteiger partial charge on any atom is 0.0621 e. The first-order valence-corrected chi connectivity index (χ1v) is 7.31. The highest BCUT2D eigenvalue weighted by atomic mass is 14.5. The van der Waals surface area contributed by atoms with Crippen LogP contribution in [0.15, 0.2) is 12.7 Å². The van der Waals surface area contributed by atoms with Crippen LogP contribution in [0.4, 0.5) is 0 Å². The molecule has 4 fully saturated rings. The molecule has 1 heteroatoms. The summed E-state index contributed by atoms with van der Waals surface area (Å²) in [6.07, 6.45) is 11.4. The Hall–Kier alpha value is -0.770. The number of hydrogen-bond donors (Lipinski definition) is 0. The molecule has 4 saturated carbocycles. The first-order chi connectivity index (χ1) is 8.31. The van der Waals surface area contributed by atoms with E-state index in [9.17, 15) is 0 Å². The standard InChI is InChI=1S/C16H23N/c1-2-13(4-3-5-17)16-14-7-11-6-12(9-14)10-15(16)8-11/h2,11-16H,1,3-4,6-10H2. The monoisotopic (exact) mass is 229 g/mol. The van der Waals surface area contributed by atoms with E-state index in [1.807, 2.05) is 0 Å². The van der Waals surface area contributed by atoms with Crippen molar-refractivity contribution in [3.63, 3.8) is 0 Å². The number of nitriles is 1. The van der Waals surface area contributed by atoms with Crippen LogP contribution in [0.1, 0.15) is 44.9 Å². The fraction of sp³-hybridized carbons (Fsp3) is 0.812. The molecule has 0 radical (unpaired) electrons. The van der Waals surface area contributed by atoms with Crippen molar-refractivity contribution in [2.45, 2.75) is 44.9 Å². The molecule has 0 amide bonds. The second-order valence-electron chi connectivity index (χ2n) is 6.60. The molecule has 1 nitrogen and oxygen atoms in total. The molecule has 17 heavy (non-hydrogen) atoms. The summed E-state index contributed by atoms with van der Waals surface area (Å²) in [5.41, 5.74) is 0. The summed E-state index contributed by atoms with van der Waals surface area (Å²) < 4.78 is 0. The van der Waals surface area contributed by atoms with Crippen molar-refractivity contribution in [1.82, 2.24) is 0 Å². The molecule has 4 aliphatic carbocycles. The van der Waals surface area contributed by atoms with Crippen molar-refractivity contribution in [3.05, 3.63) is 12.7 Å². The molecule has 0 aromatic rings. The van der Waals surface area contributed by atoms with Gasteiger partial charge in [-0.3, -0.25) is 0 Å². The molecule has 4 bridgehead atoms. The van der Waals surface area contributed by atoms with E-state index in [1.54, 1.807) is 0 Å². The normalized spacial score (nSPS) is 44.3. The molecular weight excluding hydrogens is 206 g/mol. The van der Waals surface area contributed by atoms with Crippen molar-refractivity contribution in [3.8, 4) is 6.07 Å². The summed E-state index contributed by atoms with van der Waals surface area (Å²) in [5.74, 6) is 5.52. The summed E-state index contributed by atoms with van der Waals surface area (Å²) in [6.45, 7) is 4.04. The highest BCUT2D eigenvalue weighted by Crippen LogP contribution is 2.58. The Morgan fingerprint density at radius 1 is 1.12 bits per heavy atom. The van der Waals surface area contributed by atoms with Crippen molar-refractivity contribution in [2.75, 3.05) is 0 Å². The average molecular weight is 229 g/mol.